The van der Waals surface area contributed by atoms with E-state index in [9.17, 15) is 5.11 Å². The van der Waals surface area contributed by atoms with Crippen LogP contribution in [0.4, 0.5) is 0 Å². The molecule has 4 rings (SSSR count). The lowest BCUT2D eigenvalue weighted by Gasteiger charge is -2.34. The number of hydrogen-bond donors (Lipinski definition) is 2. The molecule has 0 aromatic heterocycles. The van der Waals surface area contributed by atoms with Crippen LogP contribution in [-0.4, -0.2) is 52.8 Å². The SMILES string of the molecule is OC1(CNC2CCC3CN(Cc4ccccc4)CC32)CCSCC1. The van der Waals surface area contributed by atoms with Gasteiger partial charge in [0.1, 0.15) is 0 Å². The molecule has 1 aromatic carbocycles. The summed E-state index contributed by atoms with van der Waals surface area (Å²) in [6.45, 7) is 4.34. The molecule has 2 N–H and O–H groups in total. The molecule has 2 aliphatic heterocycles. The minimum absolute atomic E-state index is 0.453. The van der Waals surface area contributed by atoms with Gasteiger partial charge in [-0.2, -0.15) is 11.8 Å². The van der Waals surface area contributed by atoms with Crippen LogP contribution in [0.3, 0.4) is 0 Å². The van der Waals surface area contributed by atoms with Gasteiger partial charge in [-0.25, -0.2) is 0 Å². The van der Waals surface area contributed by atoms with E-state index < -0.39 is 5.60 Å². The number of nitrogens with zero attached hydrogens (tertiary/aromatic N) is 1. The molecule has 1 aliphatic carbocycles. The molecule has 1 saturated carbocycles. The average Bonchev–Trinajstić information content (AvgIpc) is 3.15. The number of aliphatic hydroxyl groups is 1. The third-order valence-corrected chi connectivity index (χ3v) is 7.28. The van der Waals surface area contributed by atoms with Gasteiger partial charge >= 0.3 is 0 Å². The molecule has 3 aliphatic rings. The van der Waals surface area contributed by atoms with Crippen LogP contribution in [0.15, 0.2) is 30.3 Å². The second-order valence-corrected chi connectivity index (χ2v) is 9.23. The predicted molar refractivity (Wildman–Crippen MR) is 101 cm³/mol. The molecule has 0 bridgehead atoms. The number of likely N-dealkylation sites (tertiary alicyclic amines) is 1. The van der Waals surface area contributed by atoms with Gasteiger partial charge in [0.15, 0.2) is 0 Å². The minimum Gasteiger partial charge on any atom is -0.389 e. The van der Waals surface area contributed by atoms with Gasteiger partial charge in [0.05, 0.1) is 5.60 Å². The van der Waals surface area contributed by atoms with E-state index in [0.29, 0.717) is 6.04 Å². The molecule has 2 saturated heterocycles. The van der Waals surface area contributed by atoms with Crippen LogP contribution in [0, 0.1) is 11.8 Å². The Balaban J connectivity index is 1.30. The summed E-state index contributed by atoms with van der Waals surface area (Å²) in [7, 11) is 0. The zero-order valence-electron chi connectivity index (χ0n) is 14.5. The molecule has 0 radical (unpaired) electrons. The number of thioether (sulfide) groups is 1. The van der Waals surface area contributed by atoms with Crippen molar-refractivity contribution < 1.29 is 5.11 Å². The maximum Gasteiger partial charge on any atom is 0.0787 e. The molecule has 1 aromatic rings. The van der Waals surface area contributed by atoms with Crippen molar-refractivity contribution in [3.8, 4) is 0 Å². The van der Waals surface area contributed by atoms with Crippen molar-refractivity contribution in [2.45, 2.75) is 43.9 Å². The Morgan fingerprint density at radius 3 is 2.71 bits per heavy atom. The van der Waals surface area contributed by atoms with Gasteiger partial charge in [0, 0.05) is 32.2 Å². The third kappa shape index (κ3) is 3.82. The first-order valence-corrected chi connectivity index (χ1v) is 10.7. The molecule has 3 nitrogen and oxygen atoms in total. The summed E-state index contributed by atoms with van der Waals surface area (Å²) in [6.07, 6.45) is 4.54. The molecule has 3 unspecified atom stereocenters. The van der Waals surface area contributed by atoms with Gasteiger partial charge in [-0.3, -0.25) is 4.90 Å². The summed E-state index contributed by atoms with van der Waals surface area (Å²) < 4.78 is 0. The molecular formula is C20H30N2OS. The summed E-state index contributed by atoms with van der Waals surface area (Å²) in [5.41, 5.74) is 0.974. The van der Waals surface area contributed by atoms with E-state index in [1.807, 2.05) is 11.8 Å². The van der Waals surface area contributed by atoms with Gasteiger partial charge in [-0.1, -0.05) is 30.3 Å². The van der Waals surface area contributed by atoms with Crippen molar-refractivity contribution in [2.75, 3.05) is 31.1 Å². The molecule has 3 fully saturated rings. The van der Waals surface area contributed by atoms with Gasteiger partial charge in [-0.05, 0) is 54.6 Å². The lowest BCUT2D eigenvalue weighted by atomic mass is 9.94. The Morgan fingerprint density at radius 1 is 1.12 bits per heavy atom. The monoisotopic (exact) mass is 346 g/mol. The Hall–Kier alpha value is -0.550. The Kier molecular flexibility index (Phi) is 5.18. The van der Waals surface area contributed by atoms with Crippen LogP contribution in [0.2, 0.25) is 0 Å². The molecular weight excluding hydrogens is 316 g/mol. The van der Waals surface area contributed by atoms with Crippen molar-refractivity contribution in [1.29, 1.82) is 0 Å². The fourth-order valence-electron chi connectivity index (χ4n) is 4.83. The van der Waals surface area contributed by atoms with Gasteiger partial charge in [0.25, 0.3) is 0 Å². The Morgan fingerprint density at radius 2 is 1.92 bits per heavy atom. The second kappa shape index (κ2) is 7.36. The molecule has 24 heavy (non-hydrogen) atoms. The minimum atomic E-state index is -0.453. The first-order chi connectivity index (χ1) is 11.7. The van der Waals surface area contributed by atoms with E-state index in [4.69, 9.17) is 0 Å². The molecule has 132 valence electrons. The van der Waals surface area contributed by atoms with E-state index in [0.717, 1.165) is 49.3 Å². The number of benzene rings is 1. The van der Waals surface area contributed by atoms with Gasteiger partial charge < -0.3 is 10.4 Å². The van der Waals surface area contributed by atoms with Gasteiger partial charge in [0.2, 0.25) is 0 Å². The summed E-state index contributed by atoms with van der Waals surface area (Å²) in [5.74, 6) is 3.84. The van der Waals surface area contributed by atoms with Crippen LogP contribution in [0.5, 0.6) is 0 Å². The fraction of sp³-hybridized carbons (Fsp3) is 0.700. The lowest BCUT2D eigenvalue weighted by Crippen LogP contribution is -2.48. The van der Waals surface area contributed by atoms with Crippen LogP contribution >= 0.6 is 11.8 Å². The van der Waals surface area contributed by atoms with E-state index in [1.165, 1.54) is 31.5 Å². The normalized spacial score (nSPS) is 32.8. The topological polar surface area (TPSA) is 35.5 Å². The number of rotatable bonds is 5. The van der Waals surface area contributed by atoms with Gasteiger partial charge in [-0.15, -0.1) is 0 Å². The second-order valence-electron chi connectivity index (χ2n) is 8.01. The summed E-state index contributed by atoms with van der Waals surface area (Å²) in [5, 5.41) is 14.5. The summed E-state index contributed by atoms with van der Waals surface area (Å²) in [4.78, 5) is 2.63. The molecule has 0 amide bonds. The summed E-state index contributed by atoms with van der Waals surface area (Å²) >= 11 is 1.98. The zero-order valence-corrected chi connectivity index (χ0v) is 15.3. The van der Waals surface area contributed by atoms with E-state index in [-0.39, 0.29) is 0 Å². The van der Waals surface area contributed by atoms with Crippen LogP contribution < -0.4 is 5.32 Å². The quantitative estimate of drug-likeness (QED) is 0.859. The average molecular weight is 347 g/mol. The highest BCUT2D eigenvalue weighted by Crippen LogP contribution is 2.39. The Bertz CT molecular complexity index is 532. The van der Waals surface area contributed by atoms with E-state index in [1.54, 1.807) is 0 Å². The number of fused-ring (bicyclic) bond motifs is 1. The van der Waals surface area contributed by atoms with E-state index in [2.05, 4.69) is 40.5 Å². The van der Waals surface area contributed by atoms with Crippen molar-refractivity contribution >= 4 is 11.8 Å². The van der Waals surface area contributed by atoms with Crippen molar-refractivity contribution in [2.24, 2.45) is 11.8 Å². The first-order valence-electron chi connectivity index (χ1n) is 9.52. The molecule has 2 heterocycles. The zero-order chi connectivity index (χ0) is 16.4. The maximum absolute atomic E-state index is 10.7. The van der Waals surface area contributed by atoms with Crippen LogP contribution in [0.1, 0.15) is 31.2 Å². The standard InChI is InChI=1S/C20H30N2OS/c23-20(8-10-24-11-9-20)15-21-19-7-6-17-13-22(14-18(17)19)12-16-4-2-1-3-5-16/h1-5,17-19,21,23H,6-15H2. The highest BCUT2D eigenvalue weighted by molar-refractivity contribution is 7.99. The third-order valence-electron chi connectivity index (χ3n) is 6.30. The maximum atomic E-state index is 10.7. The largest absolute Gasteiger partial charge is 0.389 e. The number of nitrogens with one attached hydrogen (secondary N) is 1. The predicted octanol–water partition coefficient (Wildman–Crippen LogP) is 2.74. The van der Waals surface area contributed by atoms with Crippen molar-refractivity contribution in [3.05, 3.63) is 35.9 Å². The summed E-state index contributed by atoms with van der Waals surface area (Å²) in [6, 6.07) is 11.5. The Labute approximate surface area is 150 Å². The molecule has 0 spiro atoms. The van der Waals surface area contributed by atoms with Crippen molar-refractivity contribution in [1.82, 2.24) is 10.2 Å². The molecule has 4 heteroatoms. The molecule has 3 atom stereocenters. The smallest absolute Gasteiger partial charge is 0.0787 e. The number of hydrogen-bond acceptors (Lipinski definition) is 4. The lowest BCUT2D eigenvalue weighted by molar-refractivity contribution is 0.0281. The van der Waals surface area contributed by atoms with Crippen LogP contribution in [0.25, 0.3) is 0 Å². The van der Waals surface area contributed by atoms with E-state index >= 15 is 0 Å². The van der Waals surface area contributed by atoms with Crippen molar-refractivity contribution in [3.63, 3.8) is 0 Å². The fourth-order valence-corrected chi connectivity index (χ4v) is 6.08. The van der Waals surface area contributed by atoms with Crippen LogP contribution in [-0.2, 0) is 6.54 Å². The highest BCUT2D eigenvalue weighted by Gasteiger charge is 2.43. The first kappa shape index (κ1) is 16.9. The highest BCUT2D eigenvalue weighted by atomic mass is 32.2.